The summed E-state index contributed by atoms with van der Waals surface area (Å²) in [6.07, 6.45) is 0. The number of methoxy groups -OCH3 is 2. The summed E-state index contributed by atoms with van der Waals surface area (Å²) in [4.78, 5) is 19.2. The fourth-order valence-corrected chi connectivity index (χ4v) is 4.01. The molecule has 0 radical (unpaired) electrons. The van der Waals surface area contributed by atoms with Crippen LogP contribution in [0.2, 0.25) is 0 Å². The lowest BCUT2D eigenvalue weighted by Gasteiger charge is -2.38. The van der Waals surface area contributed by atoms with Crippen LogP contribution in [0.5, 0.6) is 11.5 Å². The third-order valence-electron chi connectivity index (χ3n) is 5.85. The monoisotopic (exact) mass is 429 g/mol. The topological polar surface area (TPSA) is 45.2 Å². The molecule has 31 heavy (non-hydrogen) atoms. The molecule has 3 rings (SSSR count). The summed E-state index contributed by atoms with van der Waals surface area (Å²) in [5.41, 5.74) is 1.97. The number of amides is 1. The van der Waals surface area contributed by atoms with Gasteiger partial charge in [-0.1, -0.05) is 18.2 Å². The van der Waals surface area contributed by atoms with E-state index >= 15 is 0 Å². The van der Waals surface area contributed by atoms with Crippen LogP contribution in [-0.2, 0) is 17.9 Å². The molecule has 1 heterocycles. The number of hydrogen-bond donors (Lipinski definition) is 0. The van der Waals surface area contributed by atoms with Gasteiger partial charge in [0.25, 0.3) is 0 Å². The van der Waals surface area contributed by atoms with Crippen molar-refractivity contribution >= 4 is 5.91 Å². The fourth-order valence-electron chi connectivity index (χ4n) is 4.01. The van der Waals surface area contributed by atoms with Crippen molar-refractivity contribution in [2.24, 2.45) is 0 Å². The second kappa shape index (κ2) is 10.6. The molecule has 0 unspecified atom stereocenters. The highest BCUT2D eigenvalue weighted by molar-refractivity contribution is 5.81. The van der Waals surface area contributed by atoms with Crippen molar-refractivity contribution < 1.29 is 18.7 Å². The van der Waals surface area contributed by atoms with E-state index in [0.717, 1.165) is 49.8 Å². The van der Waals surface area contributed by atoms with Crippen LogP contribution in [0.15, 0.2) is 42.5 Å². The number of ether oxygens (including phenoxy) is 2. The predicted octanol–water partition coefficient (Wildman–Crippen LogP) is 3.01. The van der Waals surface area contributed by atoms with E-state index in [1.54, 1.807) is 32.2 Å². The number of nitrogens with zero attached hydrogens (tertiary/aromatic N) is 3. The standard InChI is InChI=1S/C24H32FN3O3/c1-18(24(29)26(2)16-19-6-5-7-21(25)14-19)28-12-10-27(11-13-28)17-20-8-9-22(30-3)23(15-20)31-4/h5-9,14-15,18H,10-13,16-17H2,1-4H3/t18-/m1/s1. The Kier molecular flexibility index (Phi) is 7.87. The number of carbonyl (C=O) groups excluding carboxylic acids is 1. The average Bonchev–Trinajstić information content (AvgIpc) is 2.78. The molecule has 2 aromatic rings. The highest BCUT2D eigenvalue weighted by atomic mass is 19.1. The van der Waals surface area contributed by atoms with Crippen molar-refractivity contribution in [3.05, 3.63) is 59.4 Å². The van der Waals surface area contributed by atoms with Gasteiger partial charge in [-0.05, 0) is 42.3 Å². The minimum Gasteiger partial charge on any atom is -0.493 e. The Morgan fingerprint density at radius 2 is 1.74 bits per heavy atom. The van der Waals surface area contributed by atoms with E-state index in [2.05, 4.69) is 15.9 Å². The molecule has 0 N–H and O–H groups in total. The number of hydrogen-bond acceptors (Lipinski definition) is 5. The number of rotatable bonds is 8. The van der Waals surface area contributed by atoms with Gasteiger partial charge in [0.1, 0.15) is 5.82 Å². The number of carbonyl (C=O) groups is 1. The van der Waals surface area contributed by atoms with Crippen LogP contribution in [0.1, 0.15) is 18.1 Å². The van der Waals surface area contributed by atoms with E-state index in [0.29, 0.717) is 6.54 Å². The predicted molar refractivity (Wildman–Crippen MR) is 119 cm³/mol. The molecule has 7 heteroatoms. The van der Waals surface area contributed by atoms with Crippen LogP contribution in [-0.4, -0.2) is 74.1 Å². The first kappa shape index (κ1) is 23.0. The van der Waals surface area contributed by atoms with Crippen molar-refractivity contribution in [2.45, 2.75) is 26.1 Å². The average molecular weight is 430 g/mol. The Balaban J connectivity index is 1.51. The van der Waals surface area contributed by atoms with Gasteiger partial charge in [0.2, 0.25) is 5.91 Å². The van der Waals surface area contributed by atoms with Crippen LogP contribution in [0, 0.1) is 5.82 Å². The maximum Gasteiger partial charge on any atom is 0.239 e. The van der Waals surface area contributed by atoms with Crippen molar-refractivity contribution in [2.75, 3.05) is 47.4 Å². The Morgan fingerprint density at radius 1 is 1.03 bits per heavy atom. The lowest BCUT2D eigenvalue weighted by Crippen LogP contribution is -2.53. The third-order valence-corrected chi connectivity index (χ3v) is 5.85. The summed E-state index contributed by atoms with van der Waals surface area (Å²) < 4.78 is 24.1. The Labute approximate surface area is 184 Å². The van der Waals surface area contributed by atoms with E-state index in [1.165, 1.54) is 17.7 Å². The van der Waals surface area contributed by atoms with Crippen molar-refractivity contribution in [3.8, 4) is 11.5 Å². The molecule has 1 amide bonds. The van der Waals surface area contributed by atoms with E-state index in [9.17, 15) is 9.18 Å². The highest BCUT2D eigenvalue weighted by Crippen LogP contribution is 2.28. The van der Waals surface area contributed by atoms with Gasteiger partial charge in [0.15, 0.2) is 11.5 Å². The second-order valence-electron chi connectivity index (χ2n) is 8.00. The Morgan fingerprint density at radius 3 is 2.39 bits per heavy atom. The van der Waals surface area contributed by atoms with Crippen LogP contribution in [0.3, 0.4) is 0 Å². The molecule has 1 atom stereocenters. The molecule has 1 fully saturated rings. The Bertz CT molecular complexity index is 884. The summed E-state index contributed by atoms with van der Waals surface area (Å²) in [7, 11) is 5.05. The lowest BCUT2D eigenvalue weighted by atomic mass is 10.1. The zero-order valence-electron chi connectivity index (χ0n) is 18.8. The summed E-state index contributed by atoms with van der Waals surface area (Å²) in [6.45, 7) is 6.62. The molecular formula is C24H32FN3O3. The smallest absolute Gasteiger partial charge is 0.239 e. The molecule has 6 nitrogen and oxygen atoms in total. The van der Waals surface area contributed by atoms with Gasteiger partial charge >= 0.3 is 0 Å². The molecule has 2 aromatic carbocycles. The zero-order valence-corrected chi connectivity index (χ0v) is 18.8. The maximum absolute atomic E-state index is 13.4. The molecule has 168 valence electrons. The molecule has 0 saturated carbocycles. The zero-order chi connectivity index (χ0) is 22.4. The van der Waals surface area contributed by atoms with E-state index in [4.69, 9.17) is 9.47 Å². The van der Waals surface area contributed by atoms with Gasteiger partial charge in [0.05, 0.1) is 20.3 Å². The largest absolute Gasteiger partial charge is 0.493 e. The van der Waals surface area contributed by atoms with Gasteiger partial charge in [-0.2, -0.15) is 0 Å². The van der Waals surface area contributed by atoms with Gasteiger partial charge in [-0.15, -0.1) is 0 Å². The van der Waals surface area contributed by atoms with Crippen LogP contribution >= 0.6 is 0 Å². The van der Waals surface area contributed by atoms with Crippen LogP contribution < -0.4 is 9.47 Å². The first-order valence-corrected chi connectivity index (χ1v) is 10.6. The molecule has 0 bridgehead atoms. The molecular weight excluding hydrogens is 397 g/mol. The molecule has 1 aliphatic heterocycles. The summed E-state index contributed by atoms with van der Waals surface area (Å²) >= 11 is 0. The summed E-state index contributed by atoms with van der Waals surface area (Å²) in [6, 6.07) is 12.2. The van der Waals surface area contributed by atoms with Crippen LogP contribution in [0.25, 0.3) is 0 Å². The van der Waals surface area contributed by atoms with Gasteiger partial charge in [-0.3, -0.25) is 14.6 Å². The van der Waals surface area contributed by atoms with Gasteiger partial charge in [-0.25, -0.2) is 4.39 Å². The number of halogens is 1. The molecule has 1 saturated heterocycles. The van der Waals surface area contributed by atoms with Crippen molar-refractivity contribution in [3.63, 3.8) is 0 Å². The fraction of sp³-hybridized carbons (Fsp3) is 0.458. The highest BCUT2D eigenvalue weighted by Gasteiger charge is 2.27. The number of likely N-dealkylation sites (N-methyl/N-ethyl adjacent to an activating group) is 1. The minimum absolute atomic E-state index is 0.0533. The lowest BCUT2D eigenvalue weighted by molar-refractivity contribution is -0.136. The van der Waals surface area contributed by atoms with Gasteiger partial charge < -0.3 is 14.4 Å². The summed E-state index contributed by atoms with van der Waals surface area (Å²) in [5, 5.41) is 0. The Hall–Kier alpha value is -2.64. The maximum atomic E-state index is 13.4. The summed E-state index contributed by atoms with van der Waals surface area (Å²) in [5.74, 6) is 1.24. The first-order valence-electron chi connectivity index (χ1n) is 10.6. The van der Waals surface area contributed by atoms with E-state index < -0.39 is 0 Å². The minimum atomic E-state index is -0.281. The third kappa shape index (κ3) is 5.95. The van der Waals surface area contributed by atoms with E-state index in [1.807, 2.05) is 25.1 Å². The number of benzene rings is 2. The van der Waals surface area contributed by atoms with Crippen LogP contribution in [0.4, 0.5) is 4.39 Å². The second-order valence-corrected chi connectivity index (χ2v) is 8.00. The van der Waals surface area contributed by atoms with E-state index in [-0.39, 0.29) is 17.8 Å². The number of piperazine rings is 1. The SMILES string of the molecule is COc1ccc(CN2CCN([C@H](C)C(=O)N(C)Cc3cccc(F)c3)CC2)cc1OC. The van der Waals surface area contributed by atoms with Crippen molar-refractivity contribution in [1.82, 2.24) is 14.7 Å². The van der Waals surface area contributed by atoms with Gasteiger partial charge in [0, 0.05) is 46.3 Å². The molecule has 0 aromatic heterocycles. The normalized spacial score (nSPS) is 16.0. The molecule has 0 spiro atoms. The molecule has 0 aliphatic carbocycles. The molecule has 1 aliphatic rings. The first-order chi connectivity index (χ1) is 14.9. The van der Waals surface area contributed by atoms with Crippen molar-refractivity contribution in [1.29, 1.82) is 0 Å². The quantitative estimate of drug-likeness (QED) is 0.646.